The molecule has 1 aliphatic heterocycles. The summed E-state index contributed by atoms with van der Waals surface area (Å²) >= 11 is 0. The van der Waals surface area contributed by atoms with Gasteiger partial charge in [-0.3, -0.25) is 9.59 Å². The monoisotopic (exact) mass is 210 g/mol. The summed E-state index contributed by atoms with van der Waals surface area (Å²) in [5, 5.41) is 19.4. The molecule has 4 aliphatic rings. The van der Waals surface area contributed by atoms with E-state index in [1.165, 1.54) is 0 Å². The Bertz CT molecular complexity index is 340. The molecule has 5 nitrogen and oxygen atoms in total. The van der Waals surface area contributed by atoms with Crippen LogP contribution in [0.2, 0.25) is 0 Å². The number of ether oxygens (including phenoxy) is 1. The molecule has 80 valence electrons. The van der Waals surface area contributed by atoms with Crippen LogP contribution < -0.4 is 0 Å². The Morgan fingerprint density at radius 2 is 1.33 bits per heavy atom. The zero-order chi connectivity index (χ0) is 10.7. The Kier molecular flexibility index (Phi) is 1.62. The molecule has 15 heavy (non-hydrogen) atoms. The lowest BCUT2D eigenvalue weighted by Crippen LogP contribution is -2.55. The Morgan fingerprint density at radius 3 is 1.73 bits per heavy atom. The summed E-state index contributed by atoms with van der Waals surface area (Å²) in [4.78, 5) is 22.8. The van der Waals surface area contributed by atoms with Crippen molar-refractivity contribution in [1.29, 1.82) is 0 Å². The fourth-order valence-electron chi connectivity index (χ4n) is 2.93. The van der Waals surface area contributed by atoms with Gasteiger partial charge in [0.1, 0.15) is 0 Å². The smallest absolute Gasteiger partial charge is 0.318 e. The molecule has 2 fully saturated rings. The van der Waals surface area contributed by atoms with Crippen molar-refractivity contribution in [3.05, 3.63) is 12.2 Å². The molecule has 1 saturated heterocycles. The van der Waals surface area contributed by atoms with Gasteiger partial charge in [-0.15, -0.1) is 0 Å². The largest absolute Gasteiger partial charge is 0.393 e. The van der Waals surface area contributed by atoms with Crippen LogP contribution >= 0.6 is 0 Å². The summed E-state index contributed by atoms with van der Waals surface area (Å²) in [5.41, 5.74) is 0. The van der Waals surface area contributed by atoms with Crippen LogP contribution in [-0.4, -0.2) is 34.4 Å². The van der Waals surface area contributed by atoms with Crippen LogP contribution in [0.4, 0.5) is 0 Å². The van der Waals surface area contributed by atoms with Gasteiger partial charge >= 0.3 is 11.9 Å². The van der Waals surface area contributed by atoms with Crippen molar-refractivity contribution in [2.24, 2.45) is 23.7 Å². The molecule has 5 heteroatoms. The molecule has 0 aromatic heterocycles. The molecular formula is C10H10O5. The first-order valence-electron chi connectivity index (χ1n) is 4.91. The lowest BCUT2D eigenvalue weighted by molar-refractivity contribution is -0.154. The predicted octanol–water partition coefficient (Wildman–Crippen LogP) is -1.16. The van der Waals surface area contributed by atoms with Gasteiger partial charge in [0.2, 0.25) is 0 Å². The summed E-state index contributed by atoms with van der Waals surface area (Å²) in [7, 11) is 0. The van der Waals surface area contributed by atoms with Crippen LogP contribution in [0.5, 0.6) is 0 Å². The number of cyclic esters (lactones) is 2. The van der Waals surface area contributed by atoms with Crippen molar-refractivity contribution in [3.63, 3.8) is 0 Å². The van der Waals surface area contributed by atoms with Gasteiger partial charge in [-0.1, -0.05) is 12.2 Å². The highest BCUT2D eigenvalue weighted by Crippen LogP contribution is 2.48. The zero-order valence-corrected chi connectivity index (χ0v) is 7.74. The topological polar surface area (TPSA) is 83.8 Å². The van der Waals surface area contributed by atoms with E-state index in [1.807, 2.05) is 0 Å². The van der Waals surface area contributed by atoms with Crippen LogP contribution in [0, 0.1) is 23.7 Å². The van der Waals surface area contributed by atoms with Crippen molar-refractivity contribution >= 4 is 11.9 Å². The fraction of sp³-hybridized carbons (Fsp3) is 0.600. The van der Waals surface area contributed by atoms with E-state index < -0.39 is 47.8 Å². The predicted molar refractivity (Wildman–Crippen MR) is 46.2 cm³/mol. The molecule has 4 rings (SSSR count). The Balaban J connectivity index is 2.08. The molecule has 0 unspecified atom stereocenters. The van der Waals surface area contributed by atoms with Crippen LogP contribution in [0.25, 0.3) is 0 Å². The third-order valence-corrected chi connectivity index (χ3v) is 3.66. The molecule has 0 aromatic carbocycles. The van der Waals surface area contributed by atoms with Crippen LogP contribution in [0.1, 0.15) is 0 Å². The third-order valence-electron chi connectivity index (χ3n) is 3.66. The maximum atomic E-state index is 11.4. The average Bonchev–Trinajstić information content (AvgIpc) is 2.51. The maximum absolute atomic E-state index is 11.4. The van der Waals surface area contributed by atoms with E-state index in [2.05, 4.69) is 4.74 Å². The summed E-state index contributed by atoms with van der Waals surface area (Å²) in [6.45, 7) is 0. The van der Waals surface area contributed by atoms with E-state index in [0.717, 1.165) is 0 Å². The second-order valence-electron chi connectivity index (χ2n) is 4.31. The molecule has 3 aliphatic carbocycles. The number of hydrogen-bond acceptors (Lipinski definition) is 5. The number of carbonyl (C=O) groups is 2. The van der Waals surface area contributed by atoms with Gasteiger partial charge in [-0.25, -0.2) is 0 Å². The summed E-state index contributed by atoms with van der Waals surface area (Å²) in [5.74, 6) is -3.34. The van der Waals surface area contributed by atoms with E-state index in [4.69, 9.17) is 0 Å². The van der Waals surface area contributed by atoms with Crippen molar-refractivity contribution in [2.45, 2.75) is 12.2 Å². The van der Waals surface area contributed by atoms with Gasteiger partial charge in [-0.2, -0.15) is 0 Å². The SMILES string of the molecule is O=C1OC(=O)[C@@H]2[C@H]3C=C[C@@H]([C@H](O)[C@@H]3O)[C@@H]12. The van der Waals surface area contributed by atoms with E-state index >= 15 is 0 Å². The number of hydrogen-bond donors (Lipinski definition) is 2. The second kappa shape index (κ2) is 2.68. The number of carbonyl (C=O) groups excluding carboxylic acids is 2. The summed E-state index contributed by atoms with van der Waals surface area (Å²) in [6, 6.07) is 0. The highest BCUT2D eigenvalue weighted by Gasteiger charge is 2.61. The second-order valence-corrected chi connectivity index (χ2v) is 4.31. The minimum absolute atomic E-state index is 0.492. The number of esters is 2. The van der Waals surface area contributed by atoms with Crippen molar-refractivity contribution in [3.8, 4) is 0 Å². The Labute approximate surface area is 85.3 Å². The van der Waals surface area contributed by atoms with Gasteiger partial charge in [0.05, 0.1) is 24.0 Å². The number of aliphatic hydroxyl groups is 2. The summed E-state index contributed by atoms with van der Waals surface area (Å²) < 4.78 is 4.55. The number of fused-ring (bicyclic) bond motifs is 1. The molecule has 1 saturated carbocycles. The Morgan fingerprint density at radius 1 is 0.933 bits per heavy atom. The lowest BCUT2D eigenvalue weighted by atomic mass is 9.60. The van der Waals surface area contributed by atoms with Gasteiger partial charge in [-0.05, 0) is 0 Å². The molecular weight excluding hydrogens is 200 g/mol. The minimum Gasteiger partial charge on any atom is -0.393 e. The molecule has 2 bridgehead atoms. The van der Waals surface area contributed by atoms with Gasteiger partial charge < -0.3 is 14.9 Å². The van der Waals surface area contributed by atoms with Crippen LogP contribution in [0.3, 0.4) is 0 Å². The molecule has 1 heterocycles. The highest BCUT2D eigenvalue weighted by molar-refractivity contribution is 5.97. The van der Waals surface area contributed by atoms with E-state index in [1.54, 1.807) is 12.2 Å². The molecule has 6 atom stereocenters. The first-order valence-corrected chi connectivity index (χ1v) is 4.91. The van der Waals surface area contributed by atoms with E-state index in [9.17, 15) is 19.8 Å². The van der Waals surface area contributed by atoms with Crippen molar-refractivity contribution in [2.75, 3.05) is 0 Å². The lowest BCUT2D eigenvalue weighted by Gasteiger charge is -2.44. The Hall–Kier alpha value is -1.20. The molecule has 0 spiro atoms. The van der Waals surface area contributed by atoms with Crippen molar-refractivity contribution in [1.82, 2.24) is 0 Å². The molecule has 0 aromatic rings. The number of rotatable bonds is 0. The standard InChI is InChI=1S/C10H10O5/c11-7-3-1-2-4(8(7)12)6-5(3)9(13)15-10(6)14/h1-8,11-12H/t3-,4-,5-,6-,7-,8+/m1/s1. The first-order chi connectivity index (χ1) is 7.11. The summed E-state index contributed by atoms with van der Waals surface area (Å²) in [6.07, 6.45) is 1.45. The van der Waals surface area contributed by atoms with Gasteiger partial charge in [0.25, 0.3) is 0 Å². The van der Waals surface area contributed by atoms with Crippen LogP contribution in [-0.2, 0) is 14.3 Å². The van der Waals surface area contributed by atoms with E-state index in [0.29, 0.717) is 0 Å². The molecule has 0 amide bonds. The number of aliphatic hydroxyl groups excluding tert-OH is 2. The van der Waals surface area contributed by atoms with Crippen molar-refractivity contribution < 1.29 is 24.5 Å². The minimum atomic E-state index is -0.973. The van der Waals surface area contributed by atoms with Gasteiger partial charge in [0.15, 0.2) is 0 Å². The normalized spacial score (nSPS) is 51.9. The van der Waals surface area contributed by atoms with Gasteiger partial charge in [0, 0.05) is 11.8 Å². The molecule has 0 radical (unpaired) electrons. The maximum Gasteiger partial charge on any atom is 0.318 e. The molecule has 2 N–H and O–H groups in total. The average molecular weight is 210 g/mol. The third kappa shape index (κ3) is 0.943. The highest BCUT2D eigenvalue weighted by atomic mass is 16.6. The quantitative estimate of drug-likeness (QED) is 0.299. The van der Waals surface area contributed by atoms with Crippen LogP contribution in [0.15, 0.2) is 12.2 Å². The van der Waals surface area contributed by atoms with E-state index in [-0.39, 0.29) is 0 Å². The first kappa shape index (κ1) is 9.06. The zero-order valence-electron chi connectivity index (χ0n) is 7.74. The fourth-order valence-corrected chi connectivity index (χ4v) is 2.93.